The number of carbonyl (C=O) groups is 1. The highest BCUT2D eigenvalue weighted by atomic mass is 32.2. The Morgan fingerprint density at radius 3 is 2.47 bits per heavy atom. The molecule has 6 heteroatoms. The van der Waals surface area contributed by atoms with Crippen LogP contribution in [-0.4, -0.2) is 23.3 Å². The molecule has 1 amide bonds. The lowest BCUT2D eigenvalue weighted by atomic mass is 10.0. The monoisotopic (exact) mass is 468 g/mol. The molecule has 2 N–H and O–H groups in total. The average molecular weight is 469 g/mol. The van der Waals surface area contributed by atoms with Gasteiger partial charge < -0.3 is 10.4 Å². The molecule has 1 aliphatic heterocycles. The molecule has 4 aromatic carbocycles. The lowest BCUT2D eigenvalue weighted by Gasteiger charge is -2.09. The van der Waals surface area contributed by atoms with Gasteiger partial charge >= 0.3 is 0 Å². The lowest BCUT2D eigenvalue weighted by molar-refractivity contribution is 0.0954. The van der Waals surface area contributed by atoms with Gasteiger partial charge in [-0.25, -0.2) is 9.38 Å². The Balaban J connectivity index is 1.42. The summed E-state index contributed by atoms with van der Waals surface area (Å²) in [5.41, 5.74) is 4.78. The van der Waals surface area contributed by atoms with Crippen molar-refractivity contribution in [2.24, 2.45) is 4.99 Å². The lowest BCUT2D eigenvalue weighted by Crippen LogP contribution is -2.25. The van der Waals surface area contributed by atoms with Crippen LogP contribution < -0.4 is 5.32 Å². The Hall–Kier alpha value is -3.90. The van der Waals surface area contributed by atoms with E-state index in [9.17, 15) is 14.3 Å². The van der Waals surface area contributed by atoms with E-state index in [0.29, 0.717) is 24.2 Å². The molecule has 4 nitrogen and oxygen atoms in total. The van der Waals surface area contributed by atoms with Gasteiger partial charge in [-0.2, -0.15) is 0 Å². The van der Waals surface area contributed by atoms with Crippen LogP contribution in [0.3, 0.4) is 0 Å². The second-order valence-corrected chi connectivity index (χ2v) is 9.00. The van der Waals surface area contributed by atoms with E-state index in [1.54, 1.807) is 42.1 Å². The van der Waals surface area contributed by atoms with E-state index in [1.807, 2.05) is 48.5 Å². The van der Waals surface area contributed by atoms with E-state index in [0.717, 1.165) is 32.2 Å². The van der Waals surface area contributed by atoms with Gasteiger partial charge in [0, 0.05) is 33.0 Å². The number of phenolic OH excluding ortho intramolecular Hbond substituents is 1. The molecule has 34 heavy (non-hydrogen) atoms. The molecule has 0 aliphatic carbocycles. The van der Waals surface area contributed by atoms with Crippen LogP contribution in [0.1, 0.15) is 27.0 Å². The number of halogens is 1. The van der Waals surface area contributed by atoms with Crippen LogP contribution >= 0.6 is 11.8 Å². The Bertz CT molecular complexity index is 1380. The number of carbonyl (C=O) groups excluding carboxylic acids is 1. The zero-order valence-corrected chi connectivity index (χ0v) is 19.0. The fourth-order valence-corrected chi connectivity index (χ4v) is 4.80. The van der Waals surface area contributed by atoms with Crippen LogP contribution in [0.2, 0.25) is 0 Å². The Labute approximate surface area is 201 Å². The van der Waals surface area contributed by atoms with Gasteiger partial charge in [0.2, 0.25) is 0 Å². The minimum absolute atomic E-state index is 0.174. The predicted molar refractivity (Wildman–Crippen MR) is 133 cm³/mol. The molecule has 1 aliphatic rings. The van der Waals surface area contributed by atoms with E-state index in [-0.39, 0.29) is 17.5 Å². The molecule has 0 bridgehead atoms. The van der Waals surface area contributed by atoms with E-state index in [1.165, 1.54) is 12.1 Å². The minimum atomic E-state index is -0.299. The third kappa shape index (κ3) is 4.72. The number of hydrogen-bond donors (Lipinski definition) is 2. The van der Waals surface area contributed by atoms with Gasteiger partial charge in [-0.3, -0.25) is 4.79 Å². The Morgan fingerprint density at radius 2 is 1.68 bits per heavy atom. The number of nitrogens with one attached hydrogen (secondary N) is 1. The summed E-state index contributed by atoms with van der Waals surface area (Å²) in [5.74, 6) is -0.252. The van der Waals surface area contributed by atoms with E-state index in [2.05, 4.69) is 5.32 Å². The maximum absolute atomic E-state index is 13.5. The van der Waals surface area contributed by atoms with Gasteiger partial charge in [0.15, 0.2) is 0 Å². The van der Waals surface area contributed by atoms with E-state index >= 15 is 0 Å². The predicted octanol–water partition coefficient (Wildman–Crippen LogP) is 6.14. The van der Waals surface area contributed by atoms with Gasteiger partial charge in [-0.05, 0) is 72.6 Å². The van der Waals surface area contributed by atoms with Crippen molar-refractivity contribution in [3.8, 4) is 5.75 Å². The molecule has 4 aromatic rings. The van der Waals surface area contributed by atoms with E-state index in [4.69, 9.17) is 4.99 Å². The maximum Gasteiger partial charge on any atom is 0.251 e. The van der Waals surface area contributed by atoms with Crippen molar-refractivity contribution >= 4 is 29.1 Å². The number of nitrogens with zero attached hydrogens (tertiary/aromatic N) is 1. The average Bonchev–Trinajstić information content (AvgIpc) is 3.02. The van der Waals surface area contributed by atoms with Gasteiger partial charge in [0.1, 0.15) is 11.6 Å². The molecule has 1 heterocycles. The van der Waals surface area contributed by atoms with Gasteiger partial charge in [-0.1, -0.05) is 42.1 Å². The fraction of sp³-hybridized carbons (Fsp3) is 0.0714. The molecule has 5 rings (SSSR count). The number of phenols is 1. The Morgan fingerprint density at radius 1 is 0.912 bits per heavy atom. The number of rotatable bonds is 5. The first-order valence-corrected chi connectivity index (χ1v) is 11.7. The second-order valence-electron chi connectivity index (χ2n) is 7.92. The number of aliphatic imine (C=N–C) groups is 1. The largest absolute Gasteiger partial charge is 0.508 e. The zero-order valence-electron chi connectivity index (χ0n) is 18.2. The number of fused-ring (bicyclic) bond motifs is 2. The minimum Gasteiger partial charge on any atom is -0.508 e. The van der Waals surface area contributed by atoms with Crippen molar-refractivity contribution in [3.05, 3.63) is 119 Å². The van der Waals surface area contributed by atoms with Gasteiger partial charge in [-0.15, -0.1) is 0 Å². The molecular formula is C28H21FN2O2S. The van der Waals surface area contributed by atoms with Crippen molar-refractivity contribution in [3.63, 3.8) is 0 Å². The summed E-state index contributed by atoms with van der Waals surface area (Å²) >= 11 is 1.60. The molecule has 0 aromatic heterocycles. The third-order valence-electron chi connectivity index (χ3n) is 5.57. The zero-order chi connectivity index (χ0) is 23.5. The van der Waals surface area contributed by atoms with Crippen LogP contribution in [0, 0.1) is 5.82 Å². The smallest absolute Gasteiger partial charge is 0.251 e. The molecule has 168 valence electrons. The first-order chi connectivity index (χ1) is 16.6. The van der Waals surface area contributed by atoms with Crippen LogP contribution in [0.25, 0.3) is 0 Å². The third-order valence-corrected chi connectivity index (χ3v) is 6.71. The molecule has 0 spiro atoms. The molecule has 0 radical (unpaired) electrons. The number of hydrogen-bond acceptors (Lipinski definition) is 4. The second kappa shape index (κ2) is 9.53. The van der Waals surface area contributed by atoms with Crippen LogP contribution in [0.5, 0.6) is 5.75 Å². The first-order valence-electron chi connectivity index (χ1n) is 10.9. The topological polar surface area (TPSA) is 61.7 Å². The molecule has 0 fully saturated rings. The Kier molecular flexibility index (Phi) is 6.14. The van der Waals surface area contributed by atoms with Crippen LogP contribution in [0.4, 0.5) is 10.1 Å². The molecule has 0 unspecified atom stereocenters. The molecule has 0 atom stereocenters. The van der Waals surface area contributed by atoms with Crippen molar-refractivity contribution in [1.29, 1.82) is 0 Å². The number of aromatic hydroxyl groups is 1. The van der Waals surface area contributed by atoms with Crippen LogP contribution in [0.15, 0.2) is 106 Å². The molecular weight excluding hydrogens is 447 g/mol. The summed E-state index contributed by atoms with van der Waals surface area (Å²) in [6.07, 6.45) is 0.662. The van der Waals surface area contributed by atoms with Gasteiger partial charge in [0.05, 0.1) is 11.4 Å². The highest BCUT2D eigenvalue weighted by Crippen LogP contribution is 2.41. The summed E-state index contributed by atoms with van der Waals surface area (Å²) in [4.78, 5) is 19.7. The fourth-order valence-electron chi connectivity index (χ4n) is 3.80. The SMILES string of the molecule is O=C(NCCc1ccc(O)cc1)c1ccc2c(c1)N=C(c1ccc(F)cc1)c1ccccc1S2. The molecule has 0 saturated heterocycles. The summed E-state index contributed by atoms with van der Waals surface area (Å²) in [6.45, 7) is 0.477. The summed E-state index contributed by atoms with van der Waals surface area (Å²) in [6, 6.07) is 26.8. The molecule has 0 saturated carbocycles. The first kappa shape index (κ1) is 21.9. The van der Waals surface area contributed by atoms with Crippen LogP contribution in [-0.2, 0) is 6.42 Å². The van der Waals surface area contributed by atoms with Crippen molar-refractivity contribution in [1.82, 2.24) is 5.32 Å². The van der Waals surface area contributed by atoms with Crippen molar-refractivity contribution in [2.45, 2.75) is 16.2 Å². The highest BCUT2D eigenvalue weighted by molar-refractivity contribution is 7.99. The maximum atomic E-state index is 13.5. The summed E-state index contributed by atoms with van der Waals surface area (Å²) < 4.78 is 13.5. The van der Waals surface area contributed by atoms with Crippen molar-refractivity contribution in [2.75, 3.05) is 6.54 Å². The summed E-state index contributed by atoms with van der Waals surface area (Å²) in [7, 11) is 0. The number of benzene rings is 4. The standard InChI is InChI=1S/C28H21FN2O2S/c29-21-10-7-19(8-11-21)27-23-3-1-2-4-25(23)34-26-14-9-20(17-24(26)31-27)28(33)30-16-15-18-5-12-22(32)13-6-18/h1-14,17,32H,15-16H2,(H,30,33). The number of amides is 1. The quantitative estimate of drug-likeness (QED) is 0.326. The highest BCUT2D eigenvalue weighted by Gasteiger charge is 2.20. The van der Waals surface area contributed by atoms with Crippen molar-refractivity contribution < 1.29 is 14.3 Å². The summed E-state index contributed by atoms with van der Waals surface area (Å²) in [5, 5.41) is 12.4. The normalized spacial score (nSPS) is 12.2. The van der Waals surface area contributed by atoms with Gasteiger partial charge in [0.25, 0.3) is 5.91 Å². The van der Waals surface area contributed by atoms with E-state index < -0.39 is 0 Å².